The summed E-state index contributed by atoms with van der Waals surface area (Å²) in [6, 6.07) is 5.93. The molecular formula is C13H13ClN4OS. The second-order valence-corrected chi connectivity index (χ2v) is 5.69. The predicted molar refractivity (Wildman–Crippen MR) is 78.0 cm³/mol. The Labute approximate surface area is 125 Å². The summed E-state index contributed by atoms with van der Waals surface area (Å²) in [6.07, 6.45) is 3.68. The second-order valence-electron chi connectivity index (χ2n) is 4.36. The Kier molecular flexibility index (Phi) is 4.13. The van der Waals surface area contributed by atoms with Gasteiger partial charge in [-0.1, -0.05) is 16.4 Å². The van der Waals surface area contributed by atoms with Gasteiger partial charge in [-0.2, -0.15) is 0 Å². The van der Waals surface area contributed by atoms with Gasteiger partial charge in [0.25, 0.3) is 0 Å². The molecule has 0 aliphatic rings. The van der Waals surface area contributed by atoms with Crippen LogP contribution in [-0.4, -0.2) is 26.0 Å². The van der Waals surface area contributed by atoms with Crippen LogP contribution in [0.25, 0.3) is 10.6 Å². The number of halogens is 1. The first-order chi connectivity index (χ1) is 9.85. The summed E-state index contributed by atoms with van der Waals surface area (Å²) in [5.74, 6) is 1.43. The largest absolute Gasteiger partial charge is 0.355 e. The van der Waals surface area contributed by atoms with Crippen molar-refractivity contribution < 1.29 is 4.52 Å². The van der Waals surface area contributed by atoms with Crippen molar-refractivity contribution in [1.29, 1.82) is 0 Å². The van der Waals surface area contributed by atoms with Gasteiger partial charge in [-0.25, -0.2) is 4.68 Å². The molecule has 7 heteroatoms. The standard InChI is InChI=1S/C13H13ClN4OS/c14-5-1-3-10-8-18(17-15-10)9-11-7-12(19-16-11)13-4-2-6-20-13/h2,4,6-8H,1,3,5,9H2. The van der Waals surface area contributed by atoms with E-state index in [1.54, 1.807) is 16.0 Å². The molecule has 0 saturated carbocycles. The van der Waals surface area contributed by atoms with Crippen LogP contribution < -0.4 is 0 Å². The Bertz CT molecular complexity index is 662. The highest BCUT2D eigenvalue weighted by atomic mass is 35.5. The lowest BCUT2D eigenvalue weighted by Crippen LogP contribution is -2.00. The number of rotatable bonds is 6. The second kappa shape index (κ2) is 6.19. The third kappa shape index (κ3) is 3.08. The van der Waals surface area contributed by atoms with Gasteiger partial charge in [0.1, 0.15) is 5.69 Å². The molecule has 3 aromatic rings. The Hall–Kier alpha value is -1.66. The van der Waals surface area contributed by atoms with E-state index in [1.165, 1.54) is 0 Å². The third-order valence-electron chi connectivity index (χ3n) is 2.80. The van der Waals surface area contributed by atoms with Crippen molar-refractivity contribution >= 4 is 22.9 Å². The van der Waals surface area contributed by atoms with E-state index in [4.69, 9.17) is 16.1 Å². The van der Waals surface area contributed by atoms with Gasteiger partial charge in [-0.3, -0.25) is 0 Å². The van der Waals surface area contributed by atoms with E-state index in [1.807, 2.05) is 29.8 Å². The van der Waals surface area contributed by atoms with E-state index in [9.17, 15) is 0 Å². The van der Waals surface area contributed by atoms with Gasteiger partial charge in [0.15, 0.2) is 5.76 Å². The van der Waals surface area contributed by atoms with Gasteiger partial charge >= 0.3 is 0 Å². The molecular weight excluding hydrogens is 296 g/mol. The van der Waals surface area contributed by atoms with Crippen LogP contribution in [0, 0.1) is 0 Å². The molecule has 0 unspecified atom stereocenters. The first kappa shape index (κ1) is 13.3. The van der Waals surface area contributed by atoms with E-state index in [0.29, 0.717) is 12.4 Å². The molecule has 0 aliphatic carbocycles. The number of alkyl halides is 1. The van der Waals surface area contributed by atoms with Gasteiger partial charge in [-0.15, -0.1) is 28.0 Å². The zero-order valence-electron chi connectivity index (χ0n) is 10.7. The van der Waals surface area contributed by atoms with Crippen LogP contribution in [0.1, 0.15) is 17.8 Å². The fourth-order valence-electron chi connectivity index (χ4n) is 1.87. The van der Waals surface area contributed by atoms with Crippen molar-refractivity contribution in [2.75, 3.05) is 5.88 Å². The van der Waals surface area contributed by atoms with Crippen molar-refractivity contribution in [2.24, 2.45) is 0 Å². The Morgan fingerprint density at radius 2 is 2.30 bits per heavy atom. The Morgan fingerprint density at radius 3 is 3.10 bits per heavy atom. The molecule has 0 radical (unpaired) electrons. The fourth-order valence-corrected chi connectivity index (χ4v) is 2.67. The number of aryl methyl sites for hydroxylation is 1. The Balaban J connectivity index is 1.67. The summed E-state index contributed by atoms with van der Waals surface area (Å²) < 4.78 is 7.10. The first-order valence-corrected chi connectivity index (χ1v) is 7.71. The molecule has 0 aliphatic heterocycles. The number of nitrogens with zero attached hydrogens (tertiary/aromatic N) is 4. The molecule has 20 heavy (non-hydrogen) atoms. The van der Waals surface area contributed by atoms with Crippen LogP contribution >= 0.6 is 22.9 Å². The summed E-state index contributed by atoms with van der Waals surface area (Å²) in [4.78, 5) is 1.07. The number of hydrogen-bond donors (Lipinski definition) is 0. The zero-order chi connectivity index (χ0) is 13.8. The van der Waals surface area contributed by atoms with Gasteiger partial charge in [0, 0.05) is 18.1 Å². The van der Waals surface area contributed by atoms with Crippen molar-refractivity contribution in [3.63, 3.8) is 0 Å². The maximum atomic E-state index is 5.66. The number of hydrogen-bond acceptors (Lipinski definition) is 5. The van der Waals surface area contributed by atoms with Gasteiger partial charge in [0.05, 0.1) is 17.1 Å². The molecule has 0 bridgehead atoms. The van der Waals surface area contributed by atoms with Crippen LogP contribution in [0.3, 0.4) is 0 Å². The fraction of sp³-hybridized carbons (Fsp3) is 0.308. The SMILES string of the molecule is ClCCCc1cn(Cc2cc(-c3cccs3)on2)nn1. The molecule has 0 amide bonds. The lowest BCUT2D eigenvalue weighted by Gasteiger charge is -1.93. The molecule has 0 saturated heterocycles. The maximum absolute atomic E-state index is 5.66. The molecule has 3 rings (SSSR count). The highest BCUT2D eigenvalue weighted by Crippen LogP contribution is 2.25. The van der Waals surface area contributed by atoms with Crippen molar-refractivity contribution in [3.8, 4) is 10.6 Å². The topological polar surface area (TPSA) is 56.7 Å². The Morgan fingerprint density at radius 1 is 1.35 bits per heavy atom. The average molecular weight is 309 g/mol. The van der Waals surface area contributed by atoms with E-state index in [-0.39, 0.29) is 0 Å². The summed E-state index contributed by atoms with van der Waals surface area (Å²) in [6.45, 7) is 0.558. The monoisotopic (exact) mass is 308 g/mol. The minimum atomic E-state index is 0.558. The molecule has 5 nitrogen and oxygen atoms in total. The van der Waals surface area contributed by atoms with Crippen molar-refractivity contribution in [2.45, 2.75) is 19.4 Å². The molecule has 0 N–H and O–H groups in total. The van der Waals surface area contributed by atoms with Crippen LogP contribution in [0.4, 0.5) is 0 Å². The molecule has 0 fully saturated rings. The average Bonchev–Trinajstić information content (AvgIpc) is 3.18. The quantitative estimate of drug-likeness (QED) is 0.656. The lowest BCUT2D eigenvalue weighted by molar-refractivity contribution is 0.419. The van der Waals surface area contributed by atoms with Crippen LogP contribution in [0.5, 0.6) is 0 Å². The van der Waals surface area contributed by atoms with Crippen molar-refractivity contribution in [3.05, 3.63) is 41.2 Å². The molecule has 104 valence electrons. The highest BCUT2D eigenvalue weighted by molar-refractivity contribution is 7.13. The molecule has 0 spiro atoms. The summed E-state index contributed by atoms with van der Waals surface area (Å²) in [7, 11) is 0. The zero-order valence-corrected chi connectivity index (χ0v) is 12.3. The smallest absolute Gasteiger partial charge is 0.177 e. The normalized spacial score (nSPS) is 11.1. The maximum Gasteiger partial charge on any atom is 0.177 e. The molecule has 3 aromatic heterocycles. The van der Waals surface area contributed by atoms with Crippen LogP contribution in [0.15, 0.2) is 34.3 Å². The third-order valence-corrected chi connectivity index (χ3v) is 3.95. The van der Waals surface area contributed by atoms with Gasteiger partial charge in [-0.05, 0) is 24.3 Å². The van der Waals surface area contributed by atoms with Gasteiger partial charge < -0.3 is 4.52 Å². The van der Waals surface area contributed by atoms with Crippen molar-refractivity contribution in [1.82, 2.24) is 20.2 Å². The van der Waals surface area contributed by atoms with E-state index < -0.39 is 0 Å². The summed E-state index contributed by atoms with van der Waals surface area (Å²) >= 11 is 7.29. The first-order valence-electron chi connectivity index (χ1n) is 6.29. The van der Waals surface area contributed by atoms with Crippen LogP contribution in [-0.2, 0) is 13.0 Å². The van der Waals surface area contributed by atoms with Gasteiger partial charge in [0.2, 0.25) is 0 Å². The van der Waals surface area contributed by atoms with E-state index in [0.717, 1.165) is 34.9 Å². The minimum Gasteiger partial charge on any atom is -0.355 e. The van der Waals surface area contributed by atoms with Crippen LogP contribution in [0.2, 0.25) is 0 Å². The lowest BCUT2D eigenvalue weighted by atomic mass is 10.3. The molecule has 0 atom stereocenters. The van der Waals surface area contributed by atoms with E-state index >= 15 is 0 Å². The minimum absolute atomic E-state index is 0.558. The van der Waals surface area contributed by atoms with E-state index in [2.05, 4.69) is 15.5 Å². The highest BCUT2D eigenvalue weighted by Gasteiger charge is 2.09. The number of thiophene rings is 1. The molecule has 0 aromatic carbocycles. The predicted octanol–water partition coefficient (Wildman–Crippen LogP) is 3.21. The summed E-state index contributed by atoms with van der Waals surface area (Å²) in [5.41, 5.74) is 1.79. The molecule has 3 heterocycles. The summed E-state index contributed by atoms with van der Waals surface area (Å²) in [5, 5.41) is 14.3. The number of aromatic nitrogens is 4.